The Balaban J connectivity index is 1.61. The molecule has 3 nitrogen and oxygen atoms in total. The van der Waals surface area contributed by atoms with E-state index in [0.29, 0.717) is 11.7 Å². The molecule has 0 saturated heterocycles. The molecule has 0 spiro atoms. The van der Waals surface area contributed by atoms with Gasteiger partial charge in [-0.25, -0.2) is 0 Å². The van der Waals surface area contributed by atoms with E-state index < -0.39 is 0 Å². The molecule has 0 atom stereocenters. The second kappa shape index (κ2) is 5.01. The largest absolute Gasteiger partial charge is 0.490 e. The fourth-order valence-corrected chi connectivity index (χ4v) is 2.69. The first-order valence-electron chi connectivity index (χ1n) is 7.43. The van der Waals surface area contributed by atoms with Gasteiger partial charge in [0.1, 0.15) is 5.75 Å². The summed E-state index contributed by atoms with van der Waals surface area (Å²) >= 11 is 0. The molecule has 3 heteroatoms. The lowest BCUT2D eigenvalue weighted by Gasteiger charge is -2.07. The number of rotatable bonds is 4. The Bertz CT molecular complexity index is 704. The molecule has 2 aromatic rings. The van der Waals surface area contributed by atoms with Crippen LogP contribution in [0.25, 0.3) is 0 Å². The number of benzene rings is 2. The van der Waals surface area contributed by atoms with Crippen LogP contribution in [-0.4, -0.2) is 11.9 Å². The fraction of sp³-hybridized carbons (Fsp3) is 0.278. The maximum Gasteiger partial charge on any atom is 0.193 e. The van der Waals surface area contributed by atoms with Crippen molar-refractivity contribution in [3.8, 4) is 5.75 Å². The van der Waals surface area contributed by atoms with E-state index in [0.717, 1.165) is 37.2 Å². The van der Waals surface area contributed by atoms with Crippen molar-refractivity contribution in [1.82, 2.24) is 5.32 Å². The van der Waals surface area contributed by atoms with E-state index in [9.17, 15) is 4.79 Å². The van der Waals surface area contributed by atoms with Gasteiger partial charge in [0, 0.05) is 24.2 Å². The summed E-state index contributed by atoms with van der Waals surface area (Å²) in [5.74, 6) is 0.858. The molecule has 1 fully saturated rings. The van der Waals surface area contributed by atoms with Crippen molar-refractivity contribution in [3.05, 3.63) is 64.7 Å². The molecule has 1 N–H and O–H groups in total. The Hall–Kier alpha value is -2.13. The van der Waals surface area contributed by atoms with E-state index in [-0.39, 0.29) is 5.78 Å². The van der Waals surface area contributed by atoms with E-state index >= 15 is 0 Å². The van der Waals surface area contributed by atoms with Crippen LogP contribution < -0.4 is 10.1 Å². The van der Waals surface area contributed by atoms with E-state index in [1.54, 1.807) is 0 Å². The van der Waals surface area contributed by atoms with Crippen molar-refractivity contribution in [3.63, 3.8) is 0 Å². The molecule has 21 heavy (non-hydrogen) atoms. The third kappa shape index (κ3) is 2.57. The van der Waals surface area contributed by atoms with Gasteiger partial charge in [-0.1, -0.05) is 24.3 Å². The van der Waals surface area contributed by atoms with Crippen molar-refractivity contribution in [2.75, 3.05) is 0 Å². The number of ether oxygens (including phenoxy) is 1. The summed E-state index contributed by atoms with van der Waals surface area (Å²) in [6.07, 6.45) is 2.59. The number of nitrogens with one attached hydrogen (secondary N) is 1. The second-order valence-corrected chi connectivity index (χ2v) is 5.76. The summed E-state index contributed by atoms with van der Waals surface area (Å²) in [6, 6.07) is 13.5. The van der Waals surface area contributed by atoms with Crippen LogP contribution in [0.4, 0.5) is 0 Å². The van der Waals surface area contributed by atoms with Crippen molar-refractivity contribution in [2.24, 2.45) is 0 Å². The third-order valence-corrected chi connectivity index (χ3v) is 4.02. The average molecular weight is 279 g/mol. The topological polar surface area (TPSA) is 38.3 Å². The van der Waals surface area contributed by atoms with Crippen LogP contribution in [0.3, 0.4) is 0 Å². The van der Waals surface area contributed by atoms with Gasteiger partial charge in [0.15, 0.2) is 5.78 Å². The van der Waals surface area contributed by atoms with Crippen molar-refractivity contribution in [1.29, 1.82) is 0 Å². The number of fused-ring (bicyclic) bond motifs is 1. The van der Waals surface area contributed by atoms with E-state index in [1.165, 1.54) is 11.1 Å². The number of hydrogen-bond acceptors (Lipinski definition) is 3. The molecule has 0 bridgehead atoms. The molecule has 1 aliphatic heterocycles. The van der Waals surface area contributed by atoms with E-state index in [2.05, 4.69) is 5.32 Å². The molecule has 0 radical (unpaired) electrons. The van der Waals surface area contributed by atoms with Crippen LogP contribution in [0.1, 0.15) is 39.9 Å². The Morgan fingerprint density at radius 3 is 2.67 bits per heavy atom. The minimum atomic E-state index is 0.0611. The highest BCUT2D eigenvalue weighted by atomic mass is 16.5. The van der Waals surface area contributed by atoms with Crippen LogP contribution in [0, 0.1) is 0 Å². The Morgan fingerprint density at radius 2 is 1.81 bits per heavy atom. The monoisotopic (exact) mass is 279 g/mol. The maximum absolute atomic E-state index is 12.6. The zero-order chi connectivity index (χ0) is 14.2. The molecule has 0 aromatic heterocycles. The second-order valence-electron chi connectivity index (χ2n) is 5.76. The smallest absolute Gasteiger partial charge is 0.193 e. The van der Waals surface area contributed by atoms with Gasteiger partial charge in [0.05, 0.1) is 6.10 Å². The molecule has 2 aromatic carbocycles. The summed E-state index contributed by atoms with van der Waals surface area (Å²) in [5, 5.41) is 3.30. The predicted molar refractivity (Wildman–Crippen MR) is 80.5 cm³/mol. The molecule has 0 amide bonds. The number of carbonyl (C=O) groups excluding carboxylic acids is 1. The Kier molecular flexibility index (Phi) is 3.00. The van der Waals surface area contributed by atoms with Gasteiger partial charge in [-0.3, -0.25) is 4.79 Å². The highest BCUT2D eigenvalue weighted by Gasteiger charge is 2.23. The lowest BCUT2D eigenvalue weighted by molar-refractivity contribution is 0.103. The van der Waals surface area contributed by atoms with Crippen LogP contribution in [0.15, 0.2) is 42.5 Å². The third-order valence-electron chi connectivity index (χ3n) is 4.02. The highest BCUT2D eigenvalue weighted by Crippen LogP contribution is 2.28. The van der Waals surface area contributed by atoms with Crippen molar-refractivity contribution in [2.45, 2.75) is 32.0 Å². The normalized spacial score (nSPS) is 16.6. The summed E-state index contributed by atoms with van der Waals surface area (Å²) in [5.41, 5.74) is 3.96. The molecule has 1 heterocycles. The predicted octanol–water partition coefficient (Wildman–Crippen LogP) is 3.06. The first-order chi connectivity index (χ1) is 10.3. The van der Waals surface area contributed by atoms with Gasteiger partial charge in [-0.2, -0.15) is 0 Å². The summed E-state index contributed by atoms with van der Waals surface area (Å²) in [4.78, 5) is 12.6. The zero-order valence-corrected chi connectivity index (χ0v) is 11.8. The van der Waals surface area contributed by atoms with E-state index in [4.69, 9.17) is 4.74 Å². The first kappa shape index (κ1) is 12.6. The van der Waals surface area contributed by atoms with Crippen LogP contribution in [-0.2, 0) is 13.1 Å². The molecule has 0 unspecified atom stereocenters. The van der Waals surface area contributed by atoms with Crippen molar-refractivity contribution >= 4 is 5.78 Å². The lowest BCUT2D eigenvalue weighted by Crippen LogP contribution is -2.04. The molecule has 1 aliphatic carbocycles. The minimum Gasteiger partial charge on any atom is -0.490 e. The molecular weight excluding hydrogens is 262 g/mol. The maximum atomic E-state index is 12.6. The SMILES string of the molecule is O=C(c1cccc(OC2CC2)c1)c1ccc2c(c1)CNC2. The van der Waals surface area contributed by atoms with Gasteiger partial charge in [0.2, 0.25) is 0 Å². The quantitative estimate of drug-likeness (QED) is 0.874. The number of hydrogen-bond donors (Lipinski definition) is 1. The summed E-state index contributed by atoms with van der Waals surface area (Å²) in [6.45, 7) is 1.75. The number of ketones is 1. The molecular formula is C18H17NO2. The van der Waals surface area contributed by atoms with Gasteiger partial charge >= 0.3 is 0 Å². The number of carbonyl (C=O) groups is 1. The molecule has 2 aliphatic rings. The van der Waals surface area contributed by atoms with E-state index in [1.807, 2.05) is 42.5 Å². The van der Waals surface area contributed by atoms with Crippen LogP contribution in [0.5, 0.6) is 5.75 Å². The minimum absolute atomic E-state index is 0.0611. The molecule has 106 valence electrons. The van der Waals surface area contributed by atoms with Crippen molar-refractivity contribution < 1.29 is 9.53 Å². The molecule has 1 saturated carbocycles. The van der Waals surface area contributed by atoms with Gasteiger partial charge < -0.3 is 10.1 Å². The Morgan fingerprint density at radius 1 is 1.00 bits per heavy atom. The van der Waals surface area contributed by atoms with Gasteiger partial charge in [0.25, 0.3) is 0 Å². The van der Waals surface area contributed by atoms with Gasteiger partial charge in [-0.15, -0.1) is 0 Å². The molecule has 4 rings (SSSR count). The van der Waals surface area contributed by atoms with Crippen LogP contribution >= 0.6 is 0 Å². The fourth-order valence-electron chi connectivity index (χ4n) is 2.69. The first-order valence-corrected chi connectivity index (χ1v) is 7.43. The summed E-state index contributed by atoms with van der Waals surface area (Å²) < 4.78 is 5.76. The van der Waals surface area contributed by atoms with Crippen LogP contribution in [0.2, 0.25) is 0 Å². The van der Waals surface area contributed by atoms with Gasteiger partial charge in [-0.05, 0) is 42.2 Å². The average Bonchev–Trinajstić information content (AvgIpc) is 3.20. The highest BCUT2D eigenvalue weighted by molar-refractivity contribution is 6.09. The standard InChI is InChI=1S/C18H17NO2/c20-18(13-4-5-14-10-19-11-15(14)8-13)12-2-1-3-17(9-12)21-16-6-7-16/h1-5,8-9,16,19H,6-7,10-11H2. The zero-order valence-electron chi connectivity index (χ0n) is 11.8. The Labute approximate surface area is 123 Å². The lowest BCUT2D eigenvalue weighted by atomic mass is 9.99. The summed E-state index contributed by atoms with van der Waals surface area (Å²) in [7, 11) is 0.